The summed E-state index contributed by atoms with van der Waals surface area (Å²) in [6.07, 6.45) is 2.88. The molecule has 0 unspecified atom stereocenters. The van der Waals surface area contributed by atoms with Crippen LogP contribution in [0.2, 0.25) is 0 Å². The Balaban J connectivity index is 1.44. The highest BCUT2D eigenvalue weighted by atomic mass is 16.2. The zero-order chi connectivity index (χ0) is 19.7. The highest BCUT2D eigenvalue weighted by Gasteiger charge is 2.43. The number of aryl methyl sites for hydroxylation is 1. The molecule has 1 aliphatic rings. The van der Waals surface area contributed by atoms with Crippen molar-refractivity contribution in [1.82, 2.24) is 15.6 Å². The summed E-state index contributed by atoms with van der Waals surface area (Å²) in [6, 6.07) is 14.4. The van der Waals surface area contributed by atoms with E-state index in [0.29, 0.717) is 24.1 Å². The van der Waals surface area contributed by atoms with E-state index in [1.165, 1.54) is 0 Å². The van der Waals surface area contributed by atoms with E-state index in [-0.39, 0.29) is 5.91 Å². The molecule has 28 heavy (non-hydrogen) atoms. The standard InChI is InChI=1S/C21H20N4O3/c1-21(19(27)24-20(28)25-21)14-5-4-6-15(11-14)23-18(26)10-9-13-12-22-17-8-3-2-7-16(13)17/h2-8,11-12,22H,9-10H2,1H3,(H,23,26)(H2,24,25,27,28)/t21-/m1/s1. The van der Waals surface area contributed by atoms with E-state index >= 15 is 0 Å². The minimum atomic E-state index is -1.15. The van der Waals surface area contributed by atoms with Crippen molar-refractivity contribution in [3.8, 4) is 0 Å². The number of amides is 4. The Morgan fingerprint density at radius 1 is 1.11 bits per heavy atom. The minimum Gasteiger partial charge on any atom is -0.361 e. The Morgan fingerprint density at radius 3 is 2.71 bits per heavy atom. The van der Waals surface area contributed by atoms with Gasteiger partial charge in [-0.3, -0.25) is 14.9 Å². The van der Waals surface area contributed by atoms with Crippen molar-refractivity contribution in [3.05, 3.63) is 65.9 Å². The monoisotopic (exact) mass is 376 g/mol. The van der Waals surface area contributed by atoms with Crippen molar-refractivity contribution in [3.63, 3.8) is 0 Å². The molecule has 1 saturated heterocycles. The molecule has 1 aromatic heterocycles. The molecule has 1 atom stereocenters. The third-order valence-corrected chi connectivity index (χ3v) is 5.06. The highest BCUT2D eigenvalue weighted by molar-refractivity contribution is 6.07. The Kier molecular flexibility index (Phi) is 4.35. The lowest BCUT2D eigenvalue weighted by atomic mass is 9.92. The van der Waals surface area contributed by atoms with Crippen LogP contribution in [0.5, 0.6) is 0 Å². The van der Waals surface area contributed by atoms with Crippen LogP contribution in [0.4, 0.5) is 10.5 Å². The fourth-order valence-electron chi connectivity index (χ4n) is 3.46. The molecule has 7 nitrogen and oxygen atoms in total. The van der Waals surface area contributed by atoms with E-state index in [1.54, 1.807) is 31.2 Å². The largest absolute Gasteiger partial charge is 0.361 e. The average molecular weight is 376 g/mol. The highest BCUT2D eigenvalue weighted by Crippen LogP contribution is 2.26. The summed E-state index contributed by atoms with van der Waals surface area (Å²) in [4.78, 5) is 39.2. The molecule has 4 rings (SSSR count). The molecule has 0 radical (unpaired) electrons. The van der Waals surface area contributed by atoms with Gasteiger partial charge in [0, 0.05) is 29.2 Å². The number of hydrogen-bond donors (Lipinski definition) is 4. The SMILES string of the molecule is C[C@]1(c2cccc(NC(=O)CCc3c[nH]c4ccccc34)c2)NC(=O)NC1=O. The maximum Gasteiger partial charge on any atom is 0.322 e. The van der Waals surface area contributed by atoms with E-state index in [1.807, 2.05) is 30.5 Å². The van der Waals surface area contributed by atoms with Crippen molar-refractivity contribution in [1.29, 1.82) is 0 Å². The number of imide groups is 1. The van der Waals surface area contributed by atoms with Gasteiger partial charge in [-0.2, -0.15) is 0 Å². The predicted octanol–water partition coefficient (Wildman–Crippen LogP) is 2.79. The topological polar surface area (TPSA) is 103 Å². The number of carbonyl (C=O) groups excluding carboxylic acids is 3. The lowest BCUT2D eigenvalue weighted by Gasteiger charge is -2.21. The fraction of sp³-hybridized carbons (Fsp3) is 0.190. The minimum absolute atomic E-state index is 0.118. The summed E-state index contributed by atoms with van der Waals surface area (Å²) in [7, 11) is 0. The summed E-state index contributed by atoms with van der Waals surface area (Å²) in [5, 5.41) is 8.84. The van der Waals surface area contributed by atoms with Crippen LogP contribution in [0.1, 0.15) is 24.5 Å². The number of aromatic amines is 1. The van der Waals surface area contributed by atoms with E-state index in [4.69, 9.17) is 0 Å². The first-order valence-corrected chi connectivity index (χ1v) is 9.05. The number of urea groups is 1. The van der Waals surface area contributed by atoms with Gasteiger partial charge in [0.15, 0.2) is 0 Å². The van der Waals surface area contributed by atoms with Crippen LogP contribution >= 0.6 is 0 Å². The van der Waals surface area contributed by atoms with Crippen molar-refractivity contribution >= 4 is 34.4 Å². The molecule has 0 saturated carbocycles. The zero-order valence-electron chi connectivity index (χ0n) is 15.3. The second-order valence-corrected chi connectivity index (χ2v) is 7.02. The summed E-state index contributed by atoms with van der Waals surface area (Å²) < 4.78 is 0. The van der Waals surface area contributed by atoms with E-state index in [9.17, 15) is 14.4 Å². The quantitative estimate of drug-likeness (QED) is 0.515. The van der Waals surface area contributed by atoms with Gasteiger partial charge in [0.2, 0.25) is 5.91 Å². The number of para-hydroxylation sites is 1. The van der Waals surface area contributed by atoms with Gasteiger partial charge in [-0.25, -0.2) is 4.79 Å². The van der Waals surface area contributed by atoms with Crippen LogP contribution in [0, 0.1) is 0 Å². The van der Waals surface area contributed by atoms with Crippen LogP contribution in [-0.4, -0.2) is 22.8 Å². The first-order chi connectivity index (χ1) is 13.5. The Hall–Kier alpha value is -3.61. The lowest BCUT2D eigenvalue weighted by Crippen LogP contribution is -2.40. The predicted molar refractivity (Wildman–Crippen MR) is 106 cm³/mol. The maximum absolute atomic E-state index is 12.4. The number of fused-ring (bicyclic) bond motifs is 1. The lowest BCUT2D eigenvalue weighted by molar-refractivity contribution is -0.123. The van der Waals surface area contributed by atoms with Crippen LogP contribution in [0.15, 0.2) is 54.7 Å². The molecule has 7 heteroatoms. The fourth-order valence-corrected chi connectivity index (χ4v) is 3.46. The van der Waals surface area contributed by atoms with Gasteiger partial charge in [-0.15, -0.1) is 0 Å². The molecule has 4 N–H and O–H groups in total. The third kappa shape index (κ3) is 3.22. The molecule has 0 bridgehead atoms. The second-order valence-electron chi connectivity index (χ2n) is 7.02. The first kappa shape index (κ1) is 17.8. The Labute approximate surface area is 161 Å². The number of hydrogen-bond acceptors (Lipinski definition) is 3. The van der Waals surface area contributed by atoms with Crippen LogP contribution in [-0.2, 0) is 21.5 Å². The Morgan fingerprint density at radius 2 is 1.93 bits per heavy atom. The molecule has 2 heterocycles. The third-order valence-electron chi connectivity index (χ3n) is 5.06. The molecular formula is C21H20N4O3. The summed E-state index contributed by atoms with van der Waals surface area (Å²) >= 11 is 0. The molecule has 3 aromatic rings. The van der Waals surface area contributed by atoms with Crippen molar-refractivity contribution in [2.75, 3.05) is 5.32 Å². The normalized spacial score (nSPS) is 18.8. The molecular weight excluding hydrogens is 356 g/mol. The van der Waals surface area contributed by atoms with E-state index in [2.05, 4.69) is 20.9 Å². The van der Waals surface area contributed by atoms with Crippen LogP contribution < -0.4 is 16.0 Å². The van der Waals surface area contributed by atoms with Crippen molar-refractivity contribution < 1.29 is 14.4 Å². The average Bonchev–Trinajstić information content (AvgIpc) is 3.21. The van der Waals surface area contributed by atoms with E-state index in [0.717, 1.165) is 16.5 Å². The molecule has 1 aliphatic heterocycles. The van der Waals surface area contributed by atoms with Gasteiger partial charge >= 0.3 is 6.03 Å². The Bertz CT molecular complexity index is 1090. The zero-order valence-corrected chi connectivity index (χ0v) is 15.3. The first-order valence-electron chi connectivity index (χ1n) is 9.05. The van der Waals surface area contributed by atoms with Gasteiger partial charge in [-0.1, -0.05) is 30.3 Å². The number of aromatic nitrogens is 1. The number of rotatable bonds is 5. The van der Waals surface area contributed by atoms with Crippen molar-refractivity contribution in [2.45, 2.75) is 25.3 Å². The maximum atomic E-state index is 12.4. The molecule has 2 aromatic carbocycles. The van der Waals surface area contributed by atoms with Gasteiger partial charge < -0.3 is 15.6 Å². The van der Waals surface area contributed by atoms with Gasteiger partial charge in [0.1, 0.15) is 5.54 Å². The summed E-state index contributed by atoms with van der Waals surface area (Å²) in [5.74, 6) is -0.534. The number of nitrogens with one attached hydrogen (secondary N) is 4. The van der Waals surface area contributed by atoms with Gasteiger partial charge in [0.25, 0.3) is 5.91 Å². The number of benzene rings is 2. The van der Waals surface area contributed by atoms with Gasteiger partial charge in [0.05, 0.1) is 0 Å². The van der Waals surface area contributed by atoms with Gasteiger partial charge in [-0.05, 0) is 42.7 Å². The summed E-state index contributed by atoms with van der Waals surface area (Å²) in [6.45, 7) is 1.63. The van der Waals surface area contributed by atoms with Crippen LogP contribution in [0.3, 0.4) is 0 Å². The molecule has 0 spiro atoms. The molecule has 4 amide bonds. The number of H-pyrrole nitrogens is 1. The molecule has 142 valence electrons. The summed E-state index contributed by atoms with van der Waals surface area (Å²) in [5.41, 5.74) is 2.18. The molecule has 0 aliphatic carbocycles. The number of carbonyl (C=O) groups is 3. The number of anilines is 1. The van der Waals surface area contributed by atoms with Crippen LogP contribution in [0.25, 0.3) is 10.9 Å². The van der Waals surface area contributed by atoms with Crippen molar-refractivity contribution in [2.24, 2.45) is 0 Å². The van der Waals surface area contributed by atoms with E-state index < -0.39 is 17.5 Å². The smallest absolute Gasteiger partial charge is 0.322 e. The second kappa shape index (κ2) is 6.84. The molecule has 1 fully saturated rings.